The van der Waals surface area contributed by atoms with Gasteiger partial charge in [0.05, 0.1) is 17.2 Å². The SMILES string of the molecule is CN=C(NCc1ccc(S(=O)(=O)NC2CC2)cc1)NCC(c1ccco1)N1CCCC1. The Bertz CT molecular complexity index is 963. The number of nitrogens with one attached hydrogen (secondary N) is 3. The molecular weight excluding hydrogens is 414 g/mol. The minimum atomic E-state index is -3.42. The molecule has 1 aromatic carbocycles. The smallest absolute Gasteiger partial charge is 0.240 e. The van der Waals surface area contributed by atoms with Crippen molar-refractivity contribution < 1.29 is 12.8 Å². The Morgan fingerprint density at radius 3 is 2.52 bits per heavy atom. The van der Waals surface area contributed by atoms with E-state index in [-0.39, 0.29) is 12.1 Å². The molecule has 168 valence electrons. The zero-order chi connectivity index (χ0) is 21.7. The van der Waals surface area contributed by atoms with Crippen LogP contribution < -0.4 is 15.4 Å². The number of guanidine groups is 1. The lowest BCUT2D eigenvalue weighted by Crippen LogP contribution is -2.42. The normalized spacial score (nSPS) is 18.8. The number of hydrogen-bond acceptors (Lipinski definition) is 5. The van der Waals surface area contributed by atoms with E-state index in [4.69, 9.17) is 4.42 Å². The molecule has 0 spiro atoms. The summed E-state index contributed by atoms with van der Waals surface area (Å²) in [5.74, 6) is 1.66. The van der Waals surface area contributed by atoms with E-state index in [1.165, 1.54) is 12.8 Å². The van der Waals surface area contributed by atoms with E-state index in [1.807, 2.05) is 24.3 Å². The van der Waals surface area contributed by atoms with Gasteiger partial charge in [-0.25, -0.2) is 13.1 Å². The molecule has 0 radical (unpaired) electrons. The van der Waals surface area contributed by atoms with Crippen molar-refractivity contribution in [2.24, 2.45) is 4.99 Å². The standard InChI is InChI=1S/C22H31N5O3S/c1-23-22(25-16-20(21-5-4-14-30-21)27-12-2-3-13-27)24-15-17-6-10-19(11-7-17)31(28,29)26-18-8-9-18/h4-7,10-11,14,18,20,26H,2-3,8-9,12-13,15-16H2,1H3,(H2,23,24,25). The Balaban J connectivity index is 1.31. The van der Waals surface area contributed by atoms with E-state index in [2.05, 4.69) is 25.2 Å². The predicted octanol–water partition coefficient (Wildman–Crippen LogP) is 2.22. The van der Waals surface area contributed by atoms with E-state index in [0.29, 0.717) is 23.9 Å². The van der Waals surface area contributed by atoms with E-state index < -0.39 is 10.0 Å². The quantitative estimate of drug-likeness (QED) is 0.404. The molecule has 8 nitrogen and oxygen atoms in total. The van der Waals surface area contributed by atoms with Crippen molar-refractivity contribution in [3.05, 3.63) is 54.0 Å². The molecule has 1 unspecified atom stereocenters. The van der Waals surface area contributed by atoms with Crippen molar-refractivity contribution in [2.75, 3.05) is 26.7 Å². The van der Waals surface area contributed by atoms with Gasteiger partial charge in [0, 0.05) is 26.2 Å². The highest BCUT2D eigenvalue weighted by Gasteiger charge is 2.28. The topological polar surface area (TPSA) is 99.0 Å². The summed E-state index contributed by atoms with van der Waals surface area (Å²) in [4.78, 5) is 7.06. The predicted molar refractivity (Wildman–Crippen MR) is 120 cm³/mol. The van der Waals surface area contributed by atoms with Crippen LogP contribution in [-0.2, 0) is 16.6 Å². The van der Waals surface area contributed by atoms with Gasteiger partial charge in [-0.05, 0) is 68.6 Å². The molecule has 1 saturated carbocycles. The summed E-state index contributed by atoms with van der Waals surface area (Å²) in [5, 5.41) is 6.70. The summed E-state index contributed by atoms with van der Waals surface area (Å²) in [6, 6.07) is 11.2. The Morgan fingerprint density at radius 1 is 1.16 bits per heavy atom. The van der Waals surface area contributed by atoms with E-state index in [0.717, 1.165) is 37.3 Å². The highest BCUT2D eigenvalue weighted by molar-refractivity contribution is 7.89. The van der Waals surface area contributed by atoms with Crippen molar-refractivity contribution in [2.45, 2.75) is 49.2 Å². The lowest BCUT2D eigenvalue weighted by atomic mass is 10.2. The highest BCUT2D eigenvalue weighted by atomic mass is 32.2. The second kappa shape index (κ2) is 9.84. The van der Waals surface area contributed by atoms with Gasteiger partial charge in [0.2, 0.25) is 10.0 Å². The maximum atomic E-state index is 12.3. The summed E-state index contributed by atoms with van der Waals surface area (Å²) < 4.78 is 33.0. The number of sulfonamides is 1. The van der Waals surface area contributed by atoms with Crippen LogP contribution in [0.15, 0.2) is 57.0 Å². The number of aliphatic imine (C=N–C) groups is 1. The zero-order valence-electron chi connectivity index (χ0n) is 17.9. The molecule has 4 rings (SSSR count). The third-order valence-corrected chi connectivity index (χ3v) is 7.27. The molecule has 2 aromatic rings. The van der Waals surface area contributed by atoms with E-state index in [1.54, 1.807) is 25.4 Å². The van der Waals surface area contributed by atoms with E-state index in [9.17, 15) is 8.42 Å². The lowest BCUT2D eigenvalue weighted by molar-refractivity contribution is 0.215. The molecule has 3 N–H and O–H groups in total. The monoisotopic (exact) mass is 445 g/mol. The molecule has 1 aromatic heterocycles. The number of furan rings is 1. The van der Waals surface area contributed by atoms with Gasteiger partial charge in [-0.3, -0.25) is 9.89 Å². The van der Waals surface area contributed by atoms with Crippen LogP contribution in [0.3, 0.4) is 0 Å². The number of nitrogens with zero attached hydrogens (tertiary/aromatic N) is 2. The van der Waals surface area contributed by atoms with Crippen LogP contribution in [0.2, 0.25) is 0 Å². The molecule has 0 amide bonds. The third-order valence-electron chi connectivity index (χ3n) is 5.73. The maximum Gasteiger partial charge on any atom is 0.240 e. The molecule has 1 aliphatic carbocycles. The third kappa shape index (κ3) is 5.87. The van der Waals surface area contributed by atoms with Crippen LogP contribution >= 0.6 is 0 Å². The van der Waals surface area contributed by atoms with Crippen molar-refractivity contribution >= 4 is 16.0 Å². The summed E-state index contributed by atoms with van der Waals surface area (Å²) in [6.45, 7) is 3.39. The van der Waals surface area contributed by atoms with Gasteiger partial charge in [-0.2, -0.15) is 0 Å². The fourth-order valence-electron chi connectivity index (χ4n) is 3.82. The van der Waals surface area contributed by atoms with Crippen LogP contribution in [0, 0.1) is 0 Å². The number of benzene rings is 1. The number of likely N-dealkylation sites (tertiary alicyclic amines) is 1. The van der Waals surface area contributed by atoms with Gasteiger partial charge in [-0.1, -0.05) is 12.1 Å². The molecular formula is C22H31N5O3S. The van der Waals surface area contributed by atoms with Crippen LogP contribution in [0.25, 0.3) is 0 Å². The molecule has 2 fully saturated rings. The number of hydrogen-bond donors (Lipinski definition) is 3. The second-order valence-corrected chi connectivity index (χ2v) is 9.83. The minimum Gasteiger partial charge on any atom is -0.468 e. The van der Waals surface area contributed by atoms with Gasteiger partial charge in [-0.15, -0.1) is 0 Å². The first-order chi connectivity index (χ1) is 15.0. The molecule has 0 bridgehead atoms. The van der Waals surface area contributed by atoms with Crippen molar-refractivity contribution in [1.82, 2.24) is 20.3 Å². The fourth-order valence-corrected chi connectivity index (χ4v) is 5.12. The largest absolute Gasteiger partial charge is 0.468 e. The lowest BCUT2D eigenvalue weighted by Gasteiger charge is -2.26. The molecule has 2 aliphatic rings. The first-order valence-electron chi connectivity index (χ1n) is 10.9. The maximum absolute atomic E-state index is 12.3. The molecule has 31 heavy (non-hydrogen) atoms. The Morgan fingerprint density at radius 2 is 1.90 bits per heavy atom. The van der Waals surface area contributed by atoms with Crippen LogP contribution in [0.4, 0.5) is 0 Å². The van der Waals surface area contributed by atoms with Gasteiger partial charge in [0.1, 0.15) is 5.76 Å². The summed E-state index contributed by atoms with van der Waals surface area (Å²) >= 11 is 0. The zero-order valence-corrected chi connectivity index (χ0v) is 18.7. The van der Waals surface area contributed by atoms with Crippen LogP contribution in [0.1, 0.15) is 43.0 Å². The fraction of sp³-hybridized carbons (Fsp3) is 0.500. The average molecular weight is 446 g/mol. The van der Waals surface area contributed by atoms with Gasteiger partial charge >= 0.3 is 0 Å². The van der Waals surface area contributed by atoms with Crippen molar-refractivity contribution in [3.63, 3.8) is 0 Å². The molecule has 1 saturated heterocycles. The summed E-state index contributed by atoms with van der Waals surface area (Å²) in [7, 11) is -1.68. The van der Waals surface area contributed by atoms with E-state index >= 15 is 0 Å². The van der Waals surface area contributed by atoms with Gasteiger partial charge in [0.15, 0.2) is 5.96 Å². The van der Waals surface area contributed by atoms with Crippen LogP contribution in [-0.4, -0.2) is 52.0 Å². The highest BCUT2D eigenvalue weighted by Crippen LogP contribution is 2.25. The first kappa shape index (κ1) is 21.9. The molecule has 2 heterocycles. The molecule has 9 heteroatoms. The van der Waals surface area contributed by atoms with Crippen LogP contribution in [0.5, 0.6) is 0 Å². The van der Waals surface area contributed by atoms with Crippen molar-refractivity contribution in [1.29, 1.82) is 0 Å². The average Bonchev–Trinajstić information content (AvgIpc) is 3.22. The summed E-state index contributed by atoms with van der Waals surface area (Å²) in [6.07, 6.45) is 5.99. The first-order valence-corrected chi connectivity index (χ1v) is 12.4. The van der Waals surface area contributed by atoms with Gasteiger partial charge < -0.3 is 15.1 Å². The second-order valence-electron chi connectivity index (χ2n) is 8.12. The Labute approximate surface area is 184 Å². The Kier molecular flexibility index (Phi) is 6.94. The molecule has 1 aliphatic heterocycles. The summed E-state index contributed by atoms with van der Waals surface area (Å²) in [5.41, 5.74) is 0.982. The van der Waals surface area contributed by atoms with Crippen molar-refractivity contribution in [3.8, 4) is 0 Å². The van der Waals surface area contributed by atoms with Gasteiger partial charge in [0.25, 0.3) is 0 Å². The molecule has 1 atom stereocenters. The Hall–Kier alpha value is -2.36. The number of rotatable bonds is 9. The minimum absolute atomic E-state index is 0.103.